The molecule has 0 heterocycles. The lowest BCUT2D eigenvalue weighted by molar-refractivity contribution is 0.0600. The van der Waals surface area contributed by atoms with Gasteiger partial charge in [0.15, 0.2) is 0 Å². The Morgan fingerprint density at radius 3 is 2.73 bits per heavy atom. The van der Waals surface area contributed by atoms with E-state index in [9.17, 15) is 4.79 Å². The second kappa shape index (κ2) is 4.94. The monoisotopic (exact) mass is 267 g/mol. The molecule has 0 saturated carbocycles. The number of esters is 1. The number of nitrogens with zero attached hydrogens (tertiary/aromatic N) is 1. The number of hydrogen-bond donors (Lipinski definition) is 0. The molecule has 0 N–H and O–H groups in total. The Labute approximate surface area is 96.8 Å². The lowest BCUT2D eigenvalue weighted by Gasteiger charge is -2.07. The molecule has 1 aromatic rings. The first-order valence-electron chi connectivity index (χ1n) is 4.32. The van der Waals surface area contributed by atoms with Crippen LogP contribution < -0.4 is 0 Å². The van der Waals surface area contributed by atoms with Gasteiger partial charge in [-0.3, -0.25) is 0 Å². The summed E-state index contributed by atoms with van der Waals surface area (Å²) < 4.78 is 4.63. The summed E-state index contributed by atoms with van der Waals surface area (Å²) in [5.74, 6) is -0.384. The predicted octanol–water partition coefficient (Wildman–Crippen LogP) is 2.55. The van der Waals surface area contributed by atoms with Gasteiger partial charge in [0, 0.05) is 5.33 Å². The molecule has 15 heavy (non-hydrogen) atoms. The normalized spacial score (nSPS) is 9.47. The maximum Gasteiger partial charge on any atom is 0.337 e. The molecule has 1 rings (SSSR count). The fourth-order valence-electron chi connectivity index (χ4n) is 1.36. The second-order valence-corrected chi connectivity index (χ2v) is 3.63. The maximum absolute atomic E-state index is 11.3. The second-order valence-electron chi connectivity index (χ2n) is 3.06. The molecule has 0 aliphatic carbocycles. The molecule has 0 aromatic heterocycles. The van der Waals surface area contributed by atoms with Gasteiger partial charge >= 0.3 is 5.97 Å². The Kier molecular flexibility index (Phi) is 3.87. The first kappa shape index (κ1) is 11.7. The predicted molar refractivity (Wildman–Crippen MR) is 59.9 cm³/mol. The number of rotatable bonds is 2. The van der Waals surface area contributed by atoms with E-state index in [1.807, 2.05) is 0 Å². The quantitative estimate of drug-likeness (QED) is 0.611. The highest BCUT2D eigenvalue weighted by Gasteiger charge is 2.11. The number of ether oxygens (including phenoxy) is 1. The number of aryl methyl sites for hydroxylation is 1. The summed E-state index contributed by atoms with van der Waals surface area (Å²) in [5.41, 5.74) is 2.68. The van der Waals surface area contributed by atoms with Crippen molar-refractivity contribution in [3.63, 3.8) is 0 Å². The van der Waals surface area contributed by atoms with Gasteiger partial charge in [0.25, 0.3) is 0 Å². The molecule has 0 aliphatic heterocycles. The number of nitriles is 1. The molecule has 3 nitrogen and oxygen atoms in total. The van der Waals surface area contributed by atoms with Crippen molar-refractivity contribution in [3.8, 4) is 6.07 Å². The molecular formula is C11H10BrNO2. The third-order valence-corrected chi connectivity index (χ3v) is 2.70. The van der Waals surface area contributed by atoms with E-state index in [0.717, 1.165) is 11.1 Å². The molecule has 0 radical (unpaired) electrons. The summed E-state index contributed by atoms with van der Waals surface area (Å²) >= 11 is 3.29. The van der Waals surface area contributed by atoms with Crippen molar-refractivity contribution < 1.29 is 9.53 Å². The fourth-order valence-corrected chi connectivity index (χ4v) is 1.80. The Morgan fingerprint density at radius 1 is 1.60 bits per heavy atom. The first-order valence-corrected chi connectivity index (χ1v) is 5.44. The van der Waals surface area contributed by atoms with Gasteiger partial charge in [-0.05, 0) is 30.2 Å². The van der Waals surface area contributed by atoms with Crippen molar-refractivity contribution in [1.29, 1.82) is 5.26 Å². The number of hydrogen-bond acceptors (Lipinski definition) is 3. The number of carbonyl (C=O) groups is 1. The van der Waals surface area contributed by atoms with E-state index < -0.39 is 0 Å². The molecule has 0 spiro atoms. The minimum Gasteiger partial charge on any atom is -0.465 e. The molecule has 0 saturated heterocycles. The Bertz CT molecular complexity index is 435. The van der Waals surface area contributed by atoms with Crippen LogP contribution in [0.4, 0.5) is 0 Å². The lowest BCUT2D eigenvalue weighted by atomic mass is 10.0. The van der Waals surface area contributed by atoms with Crippen LogP contribution in [-0.2, 0) is 10.1 Å². The molecular weight excluding hydrogens is 258 g/mol. The van der Waals surface area contributed by atoms with Gasteiger partial charge in [-0.15, -0.1) is 0 Å². The maximum atomic E-state index is 11.3. The molecule has 78 valence electrons. The summed E-state index contributed by atoms with van der Waals surface area (Å²) in [4.78, 5) is 11.3. The molecule has 0 bridgehead atoms. The van der Waals surface area contributed by atoms with Crippen molar-refractivity contribution in [1.82, 2.24) is 0 Å². The van der Waals surface area contributed by atoms with E-state index in [1.165, 1.54) is 7.11 Å². The lowest BCUT2D eigenvalue weighted by Crippen LogP contribution is -2.04. The molecule has 0 aliphatic rings. The number of carbonyl (C=O) groups excluding carboxylic acids is 1. The van der Waals surface area contributed by atoms with Crippen LogP contribution in [0.1, 0.15) is 27.0 Å². The summed E-state index contributed by atoms with van der Waals surface area (Å²) in [5, 5.41) is 9.47. The topological polar surface area (TPSA) is 50.1 Å². The zero-order valence-electron chi connectivity index (χ0n) is 8.50. The van der Waals surface area contributed by atoms with Gasteiger partial charge in [-0.25, -0.2) is 4.79 Å². The Hall–Kier alpha value is -1.34. The Morgan fingerprint density at radius 2 is 2.27 bits per heavy atom. The number of alkyl halides is 1. The third kappa shape index (κ3) is 2.37. The highest BCUT2D eigenvalue weighted by atomic mass is 79.9. The standard InChI is InChI=1S/C11H10BrNO2/c1-7-3-8(11(14)15-2)4-9(5-12)10(7)6-13/h3-4H,5H2,1-2H3. The van der Waals surface area contributed by atoms with Crippen molar-refractivity contribution in [3.05, 3.63) is 34.4 Å². The van der Waals surface area contributed by atoms with Crippen molar-refractivity contribution >= 4 is 21.9 Å². The number of benzene rings is 1. The average molecular weight is 268 g/mol. The highest BCUT2D eigenvalue weighted by molar-refractivity contribution is 9.08. The smallest absolute Gasteiger partial charge is 0.337 e. The van der Waals surface area contributed by atoms with E-state index in [-0.39, 0.29) is 5.97 Å². The van der Waals surface area contributed by atoms with E-state index >= 15 is 0 Å². The van der Waals surface area contributed by atoms with E-state index in [2.05, 4.69) is 26.7 Å². The van der Waals surface area contributed by atoms with Crippen LogP contribution in [0.3, 0.4) is 0 Å². The zero-order valence-corrected chi connectivity index (χ0v) is 10.1. The molecule has 1 aromatic carbocycles. The third-order valence-electron chi connectivity index (χ3n) is 2.09. The van der Waals surface area contributed by atoms with E-state index in [4.69, 9.17) is 5.26 Å². The first-order chi connectivity index (χ1) is 7.13. The molecule has 0 unspecified atom stereocenters. The van der Waals surface area contributed by atoms with Crippen LogP contribution in [0.15, 0.2) is 12.1 Å². The largest absolute Gasteiger partial charge is 0.465 e. The number of methoxy groups -OCH3 is 1. The van der Waals surface area contributed by atoms with Crippen molar-refractivity contribution in [2.75, 3.05) is 7.11 Å². The van der Waals surface area contributed by atoms with Gasteiger partial charge in [0.2, 0.25) is 0 Å². The summed E-state index contributed by atoms with van der Waals surface area (Å²) in [6.07, 6.45) is 0. The number of halogens is 1. The van der Waals surface area contributed by atoms with Crippen LogP contribution >= 0.6 is 15.9 Å². The Balaban J connectivity index is 3.33. The van der Waals surface area contributed by atoms with Crippen molar-refractivity contribution in [2.24, 2.45) is 0 Å². The summed E-state index contributed by atoms with van der Waals surface area (Å²) in [6.45, 7) is 1.80. The summed E-state index contributed by atoms with van der Waals surface area (Å²) in [7, 11) is 1.34. The zero-order chi connectivity index (χ0) is 11.4. The molecule has 4 heteroatoms. The highest BCUT2D eigenvalue weighted by Crippen LogP contribution is 2.19. The van der Waals surface area contributed by atoms with Gasteiger partial charge < -0.3 is 4.74 Å². The fraction of sp³-hybridized carbons (Fsp3) is 0.273. The molecule has 0 fully saturated rings. The van der Waals surface area contributed by atoms with Crippen LogP contribution in [0.25, 0.3) is 0 Å². The van der Waals surface area contributed by atoms with E-state index in [1.54, 1.807) is 19.1 Å². The van der Waals surface area contributed by atoms with Gasteiger partial charge in [-0.2, -0.15) is 5.26 Å². The minimum absolute atomic E-state index is 0.384. The van der Waals surface area contributed by atoms with Crippen LogP contribution in [0, 0.1) is 18.3 Å². The van der Waals surface area contributed by atoms with Gasteiger partial charge in [0.1, 0.15) is 0 Å². The van der Waals surface area contributed by atoms with E-state index in [0.29, 0.717) is 16.5 Å². The van der Waals surface area contributed by atoms with Gasteiger partial charge in [0.05, 0.1) is 24.3 Å². The summed E-state index contributed by atoms with van der Waals surface area (Å²) in [6, 6.07) is 5.45. The van der Waals surface area contributed by atoms with Gasteiger partial charge in [-0.1, -0.05) is 15.9 Å². The molecule has 0 amide bonds. The van der Waals surface area contributed by atoms with Crippen LogP contribution in [-0.4, -0.2) is 13.1 Å². The molecule has 0 atom stereocenters. The van der Waals surface area contributed by atoms with Crippen molar-refractivity contribution in [2.45, 2.75) is 12.3 Å². The van der Waals surface area contributed by atoms with Crippen LogP contribution in [0.5, 0.6) is 0 Å². The average Bonchev–Trinajstić information content (AvgIpc) is 2.26. The van der Waals surface area contributed by atoms with Crippen LogP contribution in [0.2, 0.25) is 0 Å². The SMILES string of the molecule is COC(=O)c1cc(C)c(C#N)c(CBr)c1. The minimum atomic E-state index is -0.384.